The van der Waals surface area contributed by atoms with Crippen LogP contribution in [0.2, 0.25) is 0 Å². The SMILES string of the molecule is COC(=O)C(C)NCCOc1ccccc1OC. The number of benzene rings is 1. The van der Waals surface area contributed by atoms with E-state index in [0.29, 0.717) is 24.7 Å². The predicted octanol–water partition coefficient (Wildman–Crippen LogP) is 1.23. The molecule has 1 aromatic carbocycles. The van der Waals surface area contributed by atoms with Crippen LogP contribution in [0.5, 0.6) is 11.5 Å². The molecule has 0 radical (unpaired) electrons. The molecule has 18 heavy (non-hydrogen) atoms. The topological polar surface area (TPSA) is 56.8 Å². The smallest absolute Gasteiger partial charge is 0.322 e. The maximum atomic E-state index is 11.1. The highest BCUT2D eigenvalue weighted by atomic mass is 16.5. The van der Waals surface area contributed by atoms with Gasteiger partial charge in [0.05, 0.1) is 14.2 Å². The summed E-state index contributed by atoms with van der Waals surface area (Å²) in [5.41, 5.74) is 0. The molecule has 0 aromatic heterocycles. The van der Waals surface area contributed by atoms with E-state index >= 15 is 0 Å². The molecule has 0 bridgehead atoms. The van der Waals surface area contributed by atoms with Gasteiger partial charge in [-0.05, 0) is 19.1 Å². The maximum absolute atomic E-state index is 11.1. The minimum absolute atomic E-state index is 0.285. The zero-order chi connectivity index (χ0) is 13.4. The number of hydrogen-bond acceptors (Lipinski definition) is 5. The lowest BCUT2D eigenvalue weighted by atomic mass is 10.3. The number of methoxy groups -OCH3 is 2. The number of esters is 1. The average Bonchev–Trinajstić information content (AvgIpc) is 2.42. The van der Waals surface area contributed by atoms with Crippen LogP contribution < -0.4 is 14.8 Å². The largest absolute Gasteiger partial charge is 0.493 e. The normalized spacial score (nSPS) is 11.7. The Kier molecular flexibility index (Phi) is 6.00. The van der Waals surface area contributed by atoms with E-state index in [1.807, 2.05) is 24.3 Å². The first kappa shape index (κ1) is 14.3. The summed E-state index contributed by atoms with van der Waals surface area (Å²) in [6.07, 6.45) is 0. The summed E-state index contributed by atoms with van der Waals surface area (Å²) in [5, 5.41) is 3.00. The lowest BCUT2D eigenvalue weighted by molar-refractivity contribution is -0.142. The van der Waals surface area contributed by atoms with E-state index in [1.54, 1.807) is 14.0 Å². The molecule has 1 aromatic rings. The van der Waals surface area contributed by atoms with Crippen LogP contribution in [0.25, 0.3) is 0 Å². The molecule has 0 saturated heterocycles. The standard InChI is InChI=1S/C13H19NO4/c1-10(13(15)17-3)14-8-9-18-12-7-5-4-6-11(12)16-2/h4-7,10,14H,8-9H2,1-3H3. The molecule has 0 fully saturated rings. The van der Waals surface area contributed by atoms with Crippen LogP contribution in [0, 0.1) is 0 Å². The van der Waals surface area contributed by atoms with Crippen molar-refractivity contribution in [2.75, 3.05) is 27.4 Å². The molecule has 0 saturated carbocycles. The van der Waals surface area contributed by atoms with Crippen LogP contribution in [0.4, 0.5) is 0 Å². The molecule has 0 aliphatic carbocycles. The number of nitrogens with one attached hydrogen (secondary N) is 1. The Bertz CT molecular complexity index is 381. The summed E-state index contributed by atoms with van der Waals surface area (Å²) < 4.78 is 15.3. The first-order valence-corrected chi connectivity index (χ1v) is 5.76. The van der Waals surface area contributed by atoms with Crippen LogP contribution in [-0.2, 0) is 9.53 Å². The van der Waals surface area contributed by atoms with E-state index in [1.165, 1.54) is 7.11 Å². The number of carbonyl (C=O) groups excluding carboxylic acids is 1. The molecule has 0 aliphatic heterocycles. The monoisotopic (exact) mass is 253 g/mol. The summed E-state index contributed by atoms with van der Waals surface area (Å²) in [6, 6.07) is 7.09. The predicted molar refractivity (Wildman–Crippen MR) is 68.0 cm³/mol. The van der Waals surface area contributed by atoms with Crippen molar-refractivity contribution in [2.45, 2.75) is 13.0 Å². The summed E-state index contributed by atoms with van der Waals surface area (Å²) >= 11 is 0. The van der Waals surface area contributed by atoms with Gasteiger partial charge in [0.25, 0.3) is 0 Å². The summed E-state index contributed by atoms with van der Waals surface area (Å²) in [4.78, 5) is 11.1. The Balaban J connectivity index is 2.31. The lowest BCUT2D eigenvalue weighted by Crippen LogP contribution is -2.37. The van der Waals surface area contributed by atoms with Crippen LogP contribution >= 0.6 is 0 Å². The van der Waals surface area contributed by atoms with Gasteiger partial charge in [-0.25, -0.2) is 0 Å². The van der Waals surface area contributed by atoms with Crippen LogP contribution in [-0.4, -0.2) is 39.4 Å². The number of carbonyl (C=O) groups is 1. The molecule has 1 rings (SSSR count). The number of hydrogen-bond donors (Lipinski definition) is 1. The van der Waals surface area contributed by atoms with Gasteiger partial charge in [0.2, 0.25) is 0 Å². The molecule has 0 spiro atoms. The van der Waals surface area contributed by atoms with Gasteiger partial charge in [-0.15, -0.1) is 0 Å². The molecule has 0 aliphatic rings. The molecule has 5 nitrogen and oxygen atoms in total. The molecular formula is C13H19NO4. The average molecular weight is 253 g/mol. The molecule has 5 heteroatoms. The third-order valence-electron chi connectivity index (χ3n) is 2.43. The van der Waals surface area contributed by atoms with Crippen molar-refractivity contribution in [3.05, 3.63) is 24.3 Å². The van der Waals surface area contributed by atoms with Crippen molar-refractivity contribution >= 4 is 5.97 Å². The first-order chi connectivity index (χ1) is 8.69. The Hall–Kier alpha value is -1.75. The quantitative estimate of drug-likeness (QED) is 0.585. The van der Waals surface area contributed by atoms with Gasteiger partial charge in [-0.2, -0.15) is 0 Å². The van der Waals surface area contributed by atoms with Crippen LogP contribution in [0.3, 0.4) is 0 Å². The Labute approximate surface area is 107 Å². The lowest BCUT2D eigenvalue weighted by Gasteiger charge is -2.13. The van der Waals surface area contributed by atoms with E-state index in [2.05, 4.69) is 10.1 Å². The highest BCUT2D eigenvalue weighted by molar-refractivity contribution is 5.75. The van der Waals surface area contributed by atoms with Gasteiger partial charge >= 0.3 is 5.97 Å². The molecule has 1 N–H and O–H groups in total. The van der Waals surface area contributed by atoms with Crippen molar-refractivity contribution < 1.29 is 19.0 Å². The summed E-state index contributed by atoms with van der Waals surface area (Å²) in [6.45, 7) is 2.74. The Morgan fingerprint density at radius 2 is 1.94 bits per heavy atom. The van der Waals surface area contributed by atoms with E-state index < -0.39 is 0 Å². The van der Waals surface area contributed by atoms with E-state index in [-0.39, 0.29) is 12.0 Å². The fourth-order valence-electron chi connectivity index (χ4n) is 1.43. The van der Waals surface area contributed by atoms with Gasteiger partial charge in [0.1, 0.15) is 12.6 Å². The molecule has 0 amide bonds. The minimum atomic E-state index is -0.337. The Morgan fingerprint density at radius 3 is 2.56 bits per heavy atom. The first-order valence-electron chi connectivity index (χ1n) is 5.76. The zero-order valence-electron chi connectivity index (χ0n) is 10.9. The molecule has 0 heterocycles. The molecule has 1 atom stereocenters. The number of para-hydroxylation sites is 2. The second-order valence-corrected chi connectivity index (χ2v) is 3.70. The number of ether oxygens (including phenoxy) is 3. The summed E-state index contributed by atoms with van der Waals surface area (Å²) in [5.74, 6) is 1.10. The van der Waals surface area contributed by atoms with Gasteiger partial charge in [-0.3, -0.25) is 4.79 Å². The molecule has 100 valence electrons. The fraction of sp³-hybridized carbons (Fsp3) is 0.462. The fourth-order valence-corrected chi connectivity index (χ4v) is 1.43. The van der Waals surface area contributed by atoms with Crippen molar-refractivity contribution in [3.8, 4) is 11.5 Å². The van der Waals surface area contributed by atoms with Crippen LogP contribution in [0.1, 0.15) is 6.92 Å². The van der Waals surface area contributed by atoms with Gasteiger partial charge in [0, 0.05) is 6.54 Å². The zero-order valence-corrected chi connectivity index (χ0v) is 10.9. The second-order valence-electron chi connectivity index (χ2n) is 3.70. The highest BCUT2D eigenvalue weighted by Crippen LogP contribution is 2.25. The number of rotatable bonds is 7. The van der Waals surface area contributed by atoms with Gasteiger partial charge in [-0.1, -0.05) is 12.1 Å². The third kappa shape index (κ3) is 4.25. The second kappa shape index (κ2) is 7.55. The summed E-state index contributed by atoms with van der Waals surface area (Å²) in [7, 11) is 2.96. The Morgan fingerprint density at radius 1 is 1.28 bits per heavy atom. The van der Waals surface area contributed by atoms with Crippen molar-refractivity contribution in [3.63, 3.8) is 0 Å². The maximum Gasteiger partial charge on any atom is 0.322 e. The van der Waals surface area contributed by atoms with E-state index in [9.17, 15) is 4.79 Å². The molecule has 1 unspecified atom stereocenters. The van der Waals surface area contributed by atoms with Crippen molar-refractivity contribution in [1.82, 2.24) is 5.32 Å². The van der Waals surface area contributed by atoms with Gasteiger partial charge < -0.3 is 19.5 Å². The third-order valence-corrected chi connectivity index (χ3v) is 2.43. The minimum Gasteiger partial charge on any atom is -0.493 e. The van der Waals surface area contributed by atoms with E-state index in [4.69, 9.17) is 9.47 Å². The van der Waals surface area contributed by atoms with E-state index in [0.717, 1.165) is 0 Å². The van der Waals surface area contributed by atoms with Crippen molar-refractivity contribution in [1.29, 1.82) is 0 Å². The van der Waals surface area contributed by atoms with Crippen LogP contribution in [0.15, 0.2) is 24.3 Å². The van der Waals surface area contributed by atoms with Crippen molar-refractivity contribution in [2.24, 2.45) is 0 Å². The van der Waals surface area contributed by atoms with Gasteiger partial charge in [0.15, 0.2) is 11.5 Å². The molecular weight excluding hydrogens is 234 g/mol. The highest BCUT2D eigenvalue weighted by Gasteiger charge is 2.11.